The first-order chi connectivity index (χ1) is 14.5. The Morgan fingerprint density at radius 1 is 1.00 bits per heavy atom. The molecule has 0 spiro atoms. The zero-order chi connectivity index (χ0) is 21.9. The molecule has 6 nitrogen and oxygen atoms in total. The van der Waals surface area contributed by atoms with Gasteiger partial charge in [-0.2, -0.15) is 0 Å². The number of hydrogen-bond acceptors (Lipinski definition) is 4. The van der Waals surface area contributed by atoms with E-state index in [-0.39, 0.29) is 16.2 Å². The number of carboxylic acid groups (broad SMARTS) is 1. The van der Waals surface area contributed by atoms with Crippen LogP contribution in [0, 0.1) is 0 Å². The first kappa shape index (κ1) is 23.9. The average molecular weight is 434 g/mol. The van der Waals surface area contributed by atoms with E-state index in [2.05, 4.69) is 18.7 Å². The second-order valence-corrected chi connectivity index (χ2v) is 8.13. The van der Waals surface area contributed by atoms with Crippen molar-refractivity contribution in [2.24, 2.45) is 0 Å². The number of carbonyl (C=O) groups is 1. The van der Waals surface area contributed by atoms with Crippen molar-refractivity contribution in [2.75, 3.05) is 18.0 Å². The van der Waals surface area contributed by atoms with Gasteiger partial charge in [0.1, 0.15) is 10.6 Å². The molecule has 30 heavy (non-hydrogen) atoms. The summed E-state index contributed by atoms with van der Waals surface area (Å²) < 4.78 is 28.0. The Kier molecular flexibility index (Phi) is 9.83. The lowest BCUT2D eigenvalue weighted by Crippen LogP contribution is -2.27. The van der Waals surface area contributed by atoms with Crippen molar-refractivity contribution in [1.29, 1.82) is 0 Å². The molecule has 0 aliphatic rings. The maximum absolute atomic E-state index is 12.1. The quantitative estimate of drug-likeness (QED) is 0.300. The van der Waals surface area contributed by atoms with Crippen LogP contribution in [0.2, 0.25) is 0 Å². The van der Waals surface area contributed by atoms with Gasteiger partial charge in [0, 0.05) is 13.1 Å². The minimum atomic E-state index is -2.40. The highest BCUT2D eigenvalue weighted by atomic mass is 32.2. The Bertz CT molecular complexity index is 831. The van der Waals surface area contributed by atoms with Crippen LogP contribution >= 0.6 is 0 Å². The molecule has 0 saturated heterocycles. The third-order valence-corrected chi connectivity index (χ3v) is 5.52. The molecule has 7 heteroatoms. The minimum Gasteiger partial charge on any atom is -0.478 e. The highest BCUT2D eigenvalue weighted by Gasteiger charge is 2.23. The lowest BCUT2D eigenvalue weighted by molar-refractivity contribution is 0.0696. The lowest BCUT2D eigenvalue weighted by atomic mass is 10.1. The van der Waals surface area contributed by atoms with E-state index < -0.39 is 17.0 Å². The molecular weight excluding hydrogens is 402 g/mol. The van der Waals surface area contributed by atoms with Gasteiger partial charge in [0.25, 0.3) is 0 Å². The Morgan fingerprint density at radius 3 is 2.10 bits per heavy atom. The van der Waals surface area contributed by atoms with Gasteiger partial charge in [0.05, 0.1) is 11.3 Å². The van der Waals surface area contributed by atoms with Crippen LogP contribution in [-0.2, 0) is 11.1 Å². The number of nitrogens with zero attached hydrogens (tertiary/aromatic N) is 1. The summed E-state index contributed by atoms with van der Waals surface area (Å²) in [6.45, 7) is 5.71. The van der Waals surface area contributed by atoms with Crippen LogP contribution in [0.15, 0.2) is 47.4 Å². The molecule has 0 amide bonds. The number of aromatic carboxylic acids is 1. The van der Waals surface area contributed by atoms with Gasteiger partial charge >= 0.3 is 5.97 Å². The van der Waals surface area contributed by atoms with Crippen molar-refractivity contribution < 1.29 is 23.4 Å². The van der Waals surface area contributed by atoms with Crippen molar-refractivity contribution in [3.8, 4) is 11.5 Å². The Balaban J connectivity index is 2.56. The second kappa shape index (κ2) is 12.3. The number of hydrogen-bond donors (Lipinski definition) is 2. The van der Waals surface area contributed by atoms with Gasteiger partial charge in [-0.25, -0.2) is 9.00 Å². The van der Waals surface area contributed by atoms with Crippen molar-refractivity contribution in [3.05, 3.63) is 48.0 Å². The molecule has 0 saturated carbocycles. The van der Waals surface area contributed by atoms with E-state index in [4.69, 9.17) is 4.74 Å². The SMILES string of the molecule is CCCCCN(CCCCC)c1cc(C(=O)O)cc(S(=O)O)c1Oc1ccccc1. The van der Waals surface area contributed by atoms with Crippen molar-refractivity contribution in [3.63, 3.8) is 0 Å². The largest absolute Gasteiger partial charge is 0.478 e. The van der Waals surface area contributed by atoms with E-state index in [1.165, 1.54) is 6.07 Å². The third kappa shape index (κ3) is 6.85. The van der Waals surface area contributed by atoms with Crippen LogP contribution in [0.4, 0.5) is 5.69 Å². The van der Waals surface area contributed by atoms with E-state index in [1.54, 1.807) is 18.2 Å². The van der Waals surface area contributed by atoms with Crippen LogP contribution in [-0.4, -0.2) is 32.9 Å². The molecule has 0 aliphatic heterocycles. The molecular formula is C23H31NO5S. The highest BCUT2D eigenvalue weighted by molar-refractivity contribution is 7.79. The molecule has 0 bridgehead atoms. The molecule has 0 aliphatic carbocycles. The molecule has 0 aromatic heterocycles. The van der Waals surface area contributed by atoms with E-state index in [9.17, 15) is 18.7 Å². The standard InChI is InChI=1S/C23H31NO5S/c1-3-5-10-14-24(15-11-6-4-2)20-16-18(23(25)26)17-21(30(27)28)22(20)29-19-12-8-7-9-13-19/h7-9,12-13,16-17H,3-6,10-11,14-15H2,1-2H3,(H,25,26)(H,27,28). The maximum atomic E-state index is 12.1. The normalized spacial score (nSPS) is 11.8. The van der Waals surface area contributed by atoms with Crippen LogP contribution in [0.25, 0.3) is 0 Å². The molecule has 2 N–H and O–H groups in total. The molecule has 0 heterocycles. The molecule has 2 aromatic carbocycles. The summed E-state index contributed by atoms with van der Waals surface area (Å²) in [5.74, 6) is -0.383. The zero-order valence-electron chi connectivity index (χ0n) is 17.7. The monoisotopic (exact) mass is 433 g/mol. The predicted octanol–water partition coefficient (Wildman–Crippen LogP) is 5.94. The molecule has 1 unspecified atom stereocenters. The van der Waals surface area contributed by atoms with Gasteiger partial charge in [0.15, 0.2) is 16.8 Å². The molecule has 0 fully saturated rings. The first-order valence-electron chi connectivity index (χ1n) is 10.5. The van der Waals surface area contributed by atoms with Crippen LogP contribution in [0.1, 0.15) is 62.7 Å². The Hall–Kier alpha value is -2.38. The number of para-hydroxylation sites is 1. The van der Waals surface area contributed by atoms with Crippen LogP contribution < -0.4 is 9.64 Å². The van der Waals surface area contributed by atoms with E-state index in [1.807, 2.05) is 18.2 Å². The molecule has 2 aromatic rings. The van der Waals surface area contributed by atoms with E-state index in [0.717, 1.165) is 51.6 Å². The van der Waals surface area contributed by atoms with Crippen molar-refractivity contribution in [1.82, 2.24) is 0 Å². The Labute approximate surface area is 181 Å². The molecule has 1 atom stereocenters. The fourth-order valence-corrected chi connectivity index (χ4v) is 3.78. The van der Waals surface area contributed by atoms with Gasteiger partial charge in [-0.3, -0.25) is 0 Å². The van der Waals surface area contributed by atoms with Gasteiger partial charge in [-0.05, 0) is 37.1 Å². The first-order valence-corrected chi connectivity index (χ1v) is 11.6. The minimum absolute atomic E-state index is 0.0289. The summed E-state index contributed by atoms with van der Waals surface area (Å²) in [6, 6.07) is 11.8. The van der Waals surface area contributed by atoms with Gasteiger partial charge in [-0.15, -0.1) is 0 Å². The summed E-state index contributed by atoms with van der Waals surface area (Å²) in [6.07, 6.45) is 6.13. The fourth-order valence-electron chi connectivity index (χ4n) is 3.24. The summed E-state index contributed by atoms with van der Waals surface area (Å²) in [5, 5.41) is 9.57. The Morgan fingerprint density at radius 2 is 1.60 bits per heavy atom. The number of anilines is 1. The summed E-state index contributed by atoms with van der Waals surface area (Å²) >= 11 is -2.40. The lowest BCUT2D eigenvalue weighted by Gasteiger charge is -2.28. The van der Waals surface area contributed by atoms with E-state index >= 15 is 0 Å². The van der Waals surface area contributed by atoms with Crippen LogP contribution in [0.5, 0.6) is 11.5 Å². The number of carboxylic acids is 1. The second-order valence-electron chi connectivity index (χ2n) is 7.19. The topological polar surface area (TPSA) is 87.1 Å². The number of benzene rings is 2. The summed E-state index contributed by atoms with van der Waals surface area (Å²) in [4.78, 5) is 13.8. The number of unbranched alkanes of at least 4 members (excludes halogenated alkanes) is 4. The predicted molar refractivity (Wildman–Crippen MR) is 120 cm³/mol. The van der Waals surface area contributed by atoms with Gasteiger partial charge < -0.3 is 19.3 Å². The van der Waals surface area contributed by atoms with Gasteiger partial charge in [0.2, 0.25) is 0 Å². The van der Waals surface area contributed by atoms with Gasteiger partial charge in [-0.1, -0.05) is 57.7 Å². The maximum Gasteiger partial charge on any atom is 0.335 e. The fraction of sp³-hybridized carbons (Fsp3) is 0.435. The van der Waals surface area contributed by atoms with E-state index in [0.29, 0.717) is 11.4 Å². The zero-order valence-corrected chi connectivity index (χ0v) is 18.5. The van der Waals surface area contributed by atoms with Crippen LogP contribution in [0.3, 0.4) is 0 Å². The summed E-state index contributed by atoms with van der Waals surface area (Å²) in [5.41, 5.74) is 0.516. The summed E-state index contributed by atoms with van der Waals surface area (Å²) in [7, 11) is 0. The highest BCUT2D eigenvalue weighted by Crippen LogP contribution is 2.39. The van der Waals surface area contributed by atoms with Crippen molar-refractivity contribution in [2.45, 2.75) is 57.3 Å². The van der Waals surface area contributed by atoms with Crippen molar-refractivity contribution >= 4 is 22.7 Å². The number of ether oxygens (including phenoxy) is 1. The molecule has 164 valence electrons. The molecule has 0 radical (unpaired) electrons. The smallest absolute Gasteiger partial charge is 0.335 e. The number of rotatable bonds is 13. The average Bonchev–Trinajstić information content (AvgIpc) is 2.73. The molecule has 2 rings (SSSR count). The third-order valence-electron chi connectivity index (χ3n) is 4.84.